The van der Waals surface area contributed by atoms with E-state index in [1.807, 2.05) is 30.3 Å². The molecule has 0 radical (unpaired) electrons. The lowest BCUT2D eigenvalue weighted by molar-refractivity contribution is 0.469. The molecule has 0 aliphatic heterocycles. The monoisotopic (exact) mass is 288 g/mol. The highest BCUT2D eigenvalue weighted by Gasteiger charge is 1.98. The second-order valence-electron chi connectivity index (χ2n) is 3.79. The summed E-state index contributed by atoms with van der Waals surface area (Å²) >= 11 is 3.32. The van der Waals surface area contributed by atoms with Gasteiger partial charge in [-0.15, -0.1) is 0 Å². The molecule has 0 heterocycles. The van der Waals surface area contributed by atoms with Crippen LogP contribution in [-0.2, 0) is 6.42 Å². The summed E-state index contributed by atoms with van der Waals surface area (Å²) < 4.78 is 0.894. The number of hydrogen-bond acceptors (Lipinski definition) is 1. The zero-order chi connectivity index (χ0) is 12.1. The molecular formula is C15H13BrO. The zero-order valence-electron chi connectivity index (χ0n) is 9.31. The first-order chi connectivity index (χ1) is 8.25. The molecule has 2 rings (SSSR count). The fraction of sp³-hybridized carbons (Fsp3) is 0.0667. The van der Waals surface area contributed by atoms with Gasteiger partial charge in [0, 0.05) is 4.47 Å². The van der Waals surface area contributed by atoms with Crippen molar-refractivity contribution >= 4 is 22.0 Å². The molecule has 1 nitrogen and oxygen atoms in total. The van der Waals surface area contributed by atoms with Gasteiger partial charge in [-0.05, 0) is 29.7 Å². The van der Waals surface area contributed by atoms with Crippen LogP contribution in [0.1, 0.15) is 11.1 Å². The fourth-order valence-electron chi connectivity index (χ4n) is 1.60. The summed E-state index contributed by atoms with van der Waals surface area (Å²) in [7, 11) is 0. The van der Waals surface area contributed by atoms with Crippen LogP contribution in [0.3, 0.4) is 0 Å². The number of benzene rings is 2. The minimum absolute atomic E-state index is 0.331. The summed E-state index contributed by atoms with van der Waals surface area (Å²) in [5.41, 5.74) is 2.10. The standard InChI is InChI=1S/C15H13BrO/c16-14-10-9-13(15(17)11-14)8-4-7-12-5-2-1-3-6-12/h1-7,9-11,17H,8H2/b7-4+. The molecule has 0 unspecified atom stereocenters. The molecule has 17 heavy (non-hydrogen) atoms. The molecule has 0 saturated heterocycles. The Labute approximate surface area is 110 Å². The maximum atomic E-state index is 9.72. The van der Waals surface area contributed by atoms with Gasteiger partial charge in [-0.25, -0.2) is 0 Å². The lowest BCUT2D eigenvalue weighted by Crippen LogP contribution is -1.82. The number of phenolic OH excluding ortho intramolecular Hbond substituents is 1. The van der Waals surface area contributed by atoms with Crippen LogP contribution >= 0.6 is 15.9 Å². The minimum Gasteiger partial charge on any atom is -0.508 e. The van der Waals surface area contributed by atoms with Gasteiger partial charge in [0.05, 0.1) is 0 Å². The summed E-state index contributed by atoms with van der Waals surface area (Å²) in [6, 6.07) is 15.7. The molecule has 2 aromatic rings. The molecule has 0 fully saturated rings. The predicted octanol–water partition coefficient (Wildman–Crippen LogP) is 4.41. The second-order valence-corrected chi connectivity index (χ2v) is 4.71. The molecule has 0 aliphatic rings. The van der Waals surface area contributed by atoms with Crippen molar-refractivity contribution in [3.63, 3.8) is 0 Å². The zero-order valence-corrected chi connectivity index (χ0v) is 10.9. The predicted molar refractivity (Wildman–Crippen MR) is 75.0 cm³/mol. The average Bonchev–Trinajstić information content (AvgIpc) is 2.33. The van der Waals surface area contributed by atoms with Crippen molar-refractivity contribution in [2.24, 2.45) is 0 Å². The van der Waals surface area contributed by atoms with Crippen LogP contribution in [0.2, 0.25) is 0 Å². The number of halogens is 1. The number of phenols is 1. The first-order valence-corrected chi connectivity index (χ1v) is 6.24. The lowest BCUT2D eigenvalue weighted by atomic mass is 10.1. The Morgan fingerprint density at radius 1 is 1.06 bits per heavy atom. The second kappa shape index (κ2) is 5.69. The van der Waals surface area contributed by atoms with Gasteiger partial charge in [-0.1, -0.05) is 64.5 Å². The Bertz CT molecular complexity index is 518. The van der Waals surface area contributed by atoms with Crippen LogP contribution in [0.4, 0.5) is 0 Å². The van der Waals surface area contributed by atoms with E-state index in [9.17, 15) is 5.11 Å². The van der Waals surface area contributed by atoms with Gasteiger partial charge >= 0.3 is 0 Å². The highest BCUT2D eigenvalue weighted by atomic mass is 79.9. The van der Waals surface area contributed by atoms with Crippen molar-refractivity contribution in [2.45, 2.75) is 6.42 Å². The SMILES string of the molecule is Oc1cc(Br)ccc1C/C=C/c1ccccc1. The van der Waals surface area contributed by atoms with E-state index in [4.69, 9.17) is 0 Å². The van der Waals surface area contributed by atoms with Gasteiger partial charge in [0.2, 0.25) is 0 Å². The van der Waals surface area contributed by atoms with Gasteiger partial charge in [-0.3, -0.25) is 0 Å². The molecule has 0 saturated carbocycles. The van der Waals surface area contributed by atoms with E-state index in [-0.39, 0.29) is 0 Å². The Hall–Kier alpha value is -1.54. The van der Waals surface area contributed by atoms with E-state index in [2.05, 4.69) is 40.2 Å². The maximum absolute atomic E-state index is 9.72. The molecule has 0 spiro atoms. The molecule has 0 aromatic heterocycles. The van der Waals surface area contributed by atoms with E-state index >= 15 is 0 Å². The molecule has 2 aromatic carbocycles. The molecule has 0 aliphatic carbocycles. The summed E-state index contributed by atoms with van der Waals surface area (Å²) in [5.74, 6) is 0.331. The summed E-state index contributed by atoms with van der Waals surface area (Å²) in [6.07, 6.45) is 4.84. The Morgan fingerprint density at radius 2 is 1.82 bits per heavy atom. The van der Waals surface area contributed by atoms with Gasteiger partial charge in [0.25, 0.3) is 0 Å². The maximum Gasteiger partial charge on any atom is 0.120 e. The van der Waals surface area contributed by atoms with Crippen molar-refractivity contribution in [1.29, 1.82) is 0 Å². The van der Waals surface area contributed by atoms with Crippen LogP contribution < -0.4 is 0 Å². The van der Waals surface area contributed by atoms with Crippen molar-refractivity contribution in [3.8, 4) is 5.75 Å². The third-order valence-corrected chi connectivity index (χ3v) is 2.99. The normalized spacial score (nSPS) is 10.9. The van der Waals surface area contributed by atoms with Crippen LogP contribution in [-0.4, -0.2) is 5.11 Å². The van der Waals surface area contributed by atoms with Crippen molar-refractivity contribution in [1.82, 2.24) is 0 Å². The summed E-state index contributed by atoms with van der Waals surface area (Å²) in [4.78, 5) is 0. The van der Waals surface area contributed by atoms with Gasteiger partial charge in [0.1, 0.15) is 5.75 Å². The highest BCUT2D eigenvalue weighted by molar-refractivity contribution is 9.10. The molecule has 0 atom stereocenters. The van der Waals surface area contributed by atoms with E-state index in [0.717, 1.165) is 16.5 Å². The van der Waals surface area contributed by atoms with Crippen LogP contribution in [0, 0.1) is 0 Å². The molecule has 1 N–H and O–H groups in total. The van der Waals surface area contributed by atoms with Crippen molar-refractivity contribution in [2.75, 3.05) is 0 Å². The Kier molecular flexibility index (Phi) is 3.99. The average molecular weight is 289 g/mol. The van der Waals surface area contributed by atoms with Gasteiger partial charge in [-0.2, -0.15) is 0 Å². The minimum atomic E-state index is 0.331. The lowest BCUT2D eigenvalue weighted by Gasteiger charge is -2.01. The van der Waals surface area contributed by atoms with E-state index in [1.54, 1.807) is 6.07 Å². The van der Waals surface area contributed by atoms with E-state index < -0.39 is 0 Å². The number of allylic oxidation sites excluding steroid dienone is 1. The highest BCUT2D eigenvalue weighted by Crippen LogP contribution is 2.23. The molecular weight excluding hydrogens is 276 g/mol. The molecule has 86 valence electrons. The Morgan fingerprint density at radius 3 is 2.53 bits per heavy atom. The van der Waals surface area contributed by atoms with Gasteiger partial charge in [0.15, 0.2) is 0 Å². The van der Waals surface area contributed by atoms with E-state index in [1.165, 1.54) is 5.56 Å². The summed E-state index contributed by atoms with van der Waals surface area (Å²) in [6.45, 7) is 0. The molecule has 0 amide bonds. The first-order valence-electron chi connectivity index (χ1n) is 5.45. The first kappa shape index (κ1) is 11.9. The summed E-state index contributed by atoms with van der Waals surface area (Å²) in [5, 5.41) is 9.72. The smallest absolute Gasteiger partial charge is 0.120 e. The molecule has 0 bridgehead atoms. The third-order valence-electron chi connectivity index (χ3n) is 2.49. The van der Waals surface area contributed by atoms with Crippen LogP contribution in [0.25, 0.3) is 6.08 Å². The fourth-order valence-corrected chi connectivity index (χ4v) is 1.94. The third kappa shape index (κ3) is 3.46. The van der Waals surface area contributed by atoms with Gasteiger partial charge < -0.3 is 5.11 Å². The van der Waals surface area contributed by atoms with Crippen molar-refractivity contribution in [3.05, 3.63) is 70.2 Å². The van der Waals surface area contributed by atoms with Crippen molar-refractivity contribution < 1.29 is 5.11 Å². The van der Waals surface area contributed by atoms with E-state index in [0.29, 0.717) is 5.75 Å². The number of aromatic hydroxyl groups is 1. The largest absolute Gasteiger partial charge is 0.508 e. The number of rotatable bonds is 3. The Balaban J connectivity index is 2.05. The quantitative estimate of drug-likeness (QED) is 0.887. The molecule has 2 heteroatoms. The van der Waals surface area contributed by atoms with Crippen LogP contribution in [0.15, 0.2) is 59.1 Å². The topological polar surface area (TPSA) is 20.2 Å². The number of hydrogen-bond donors (Lipinski definition) is 1. The van der Waals surface area contributed by atoms with Crippen LogP contribution in [0.5, 0.6) is 5.75 Å².